The first kappa shape index (κ1) is 10.6. The summed E-state index contributed by atoms with van der Waals surface area (Å²) >= 11 is 0. The van der Waals surface area contributed by atoms with Crippen molar-refractivity contribution in [1.29, 1.82) is 0 Å². The van der Waals surface area contributed by atoms with Crippen LogP contribution in [0.1, 0.15) is 15.9 Å². The maximum atomic E-state index is 10.7. The van der Waals surface area contributed by atoms with Crippen molar-refractivity contribution in [3.05, 3.63) is 44.6 Å². The van der Waals surface area contributed by atoms with Crippen LogP contribution in [-0.4, -0.2) is 22.2 Å². The molecule has 0 aliphatic rings. The summed E-state index contributed by atoms with van der Waals surface area (Å²) in [5.74, 6) is -1.43. The van der Waals surface area contributed by atoms with Crippen molar-refractivity contribution in [2.75, 3.05) is 0 Å². The number of carbonyl (C=O) groups is 1. The third-order valence-electron chi connectivity index (χ3n) is 1.65. The maximum Gasteiger partial charge on any atom is 0.342 e. The van der Waals surface area contributed by atoms with Crippen molar-refractivity contribution in [3.8, 4) is 0 Å². The van der Waals surface area contributed by atoms with Crippen LogP contribution in [0, 0.1) is 15.3 Å². The summed E-state index contributed by atoms with van der Waals surface area (Å²) in [6.45, 7) is 0. The first-order valence-electron chi connectivity index (χ1n) is 3.73. The highest BCUT2D eigenvalue weighted by atomic mass is 16.6. The quantitative estimate of drug-likeness (QED) is 0.456. The molecule has 1 aromatic rings. The molecule has 1 aromatic carbocycles. The smallest absolute Gasteiger partial charge is 0.342 e. The van der Waals surface area contributed by atoms with E-state index in [1.54, 1.807) is 0 Å². The van der Waals surface area contributed by atoms with Crippen LogP contribution in [-0.2, 0) is 0 Å². The second-order valence-electron chi connectivity index (χ2n) is 2.57. The molecule has 0 bridgehead atoms. The number of hydrogen-bond acceptors (Lipinski definition) is 5. The monoisotopic (exact) mass is 209 g/mol. The lowest BCUT2D eigenvalue weighted by molar-refractivity contribution is -0.385. The minimum atomic E-state index is -1.43. The summed E-state index contributed by atoms with van der Waals surface area (Å²) in [6, 6.07) is 3.27. The van der Waals surface area contributed by atoms with Crippen molar-refractivity contribution in [2.45, 2.75) is 0 Å². The molecular weight excluding hydrogens is 204 g/mol. The van der Waals surface area contributed by atoms with Crippen LogP contribution in [0.4, 0.5) is 5.69 Å². The van der Waals surface area contributed by atoms with E-state index < -0.39 is 22.1 Å². The second kappa shape index (κ2) is 4.18. The first-order valence-corrected chi connectivity index (χ1v) is 3.73. The highest BCUT2D eigenvalue weighted by Gasteiger charge is 2.19. The molecule has 0 heterocycles. The van der Waals surface area contributed by atoms with Gasteiger partial charge in [0.05, 0.1) is 4.92 Å². The number of nitro groups is 1. The summed E-state index contributed by atoms with van der Waals surface area (Å²) < 4.78 is 0. The number of aromatic carboxylic acids is 1. The summed E-state index contributed by atoms with van der Waals surface area (Å²) in [5, 5.41) is 31.5. The van der Waals surface area contributed by atoms with Crippen molar-refractivity contribution in [1.82, 2.24) is 0 Å². The molecule has 78 valence electrons. The zero-order chi connectivity index (χ0) is 11.4. The van der Waals surface area contributed by atoms with Gasteiger partial charge >= 0.3 is 5.97 Å². The molecule has 7 nitrogen and oxygen atoms in total. The molecule has 0 atom stereocenters. The van der Waals surface area contributed by atoms with Crippen molar-refractivity contribution in [3.63, 3.8) is 0 Å². The van der Waals surface area contributed by atoms with Crippen LogP contribution in [0.2, 0.25) is 0 Å². The van der Waals surface area contributed by atoms with Gasteiger partial charge in [-0.15, -0.1) is 0 Å². The number of carboxylic acids is 1. The molecule has 0 aliphatic heterocycles. The fourth-order valence-electron chi connectivity index (χ4n) is 1.03. The van der Waals surface area contributed by atoms with Crippen molar-refractivity contribution in [2.24, 2.45) is 5.16 Å². The number of hydrogen-bond donors (Lipinski definition) is 1. The van der Waals surface area contributed by atoms with Crippen LogP contribution in [0.15, 0.2) is 23.4 Å². The summed E-state index contributed by atoms with van der Waals surface area (Å²) in [7, 11) is 0. The van der Waals surface area contributed by atoms with Crippen molar-refractivity contribution < 1.29 is 14.8 Å². The van der Waals surface area contributed by atoms with Crippen LogP contribution < -0.4 is 0 Å². The molecule has 0 aromatic heterocycles. The van der Waals surface area contributed by atoms with Gasteiger partial charge in [0, 0.05) is 12.3 Å². The Bertz CT molecular complexity index is 441. The Labute approximate surface area is 83.4 Å². The Morgan fingerprint density at radius 3 is 2.67 bits per heavy atom. The van der Waals surface area contributed by atoms with Crippen LogP contribution in [0.5, 0.6) is 0 Å². The van der Waals surface area contributed by atoms with Gasteiger partial charge in [0.1, 0.15) is 5.56 Å². The number of carboxylic acid groups (broad SMARTS) is 1. The first-order chi connectivity index (χ1) is 7.06. The van der Waals surface area contributed by atoms with Gasteiger partial charge in [-0.1, -0.05) is 0 Å². The molecule has 0 radical (unpaired) electrons. The van der Waals surface area contributed by atoms with Gasteiger partial charge in [-0.25, -0.2) is 4.79 Å². The largest absolute Gasteiger partial charge is 0.792 e. The lowest BCUT2D eigenvalue weighted by Crippen LogP contribution is -2.03. The second-order valence-corrected chi connectivity index (χ2v) is 2.57. The van der Waals surface area contributed by atoms with E-state index in [1.165, 1.54) is 6.07 Å². The predicted molar refractivity (Wildman–Crippen MR) is 51.0 cm³/mol. The molecule has 15 heavy (non-hydrogen) atoms. The van der Waals surface area contributed by atoms with E-state index in [-0.39, 0.29) is 5.56 Å². The number of rotatable bonds is 3. The summed E-state index contributed by atoms with van der Waals surface area (Å²) in [4.78, 5) is 20.3. The Morgan fingerprint density at radius 1 is 1.53 bits per heavy atom. The third-order valence-corrected chi connectivity index (χ3v) is 1.65. The van der Waals surface area contributed by atoms with E-state index in [0.29, 0.717) is 0 Å². The Balaban J connectivity index is 3.33. The van der Waals surface area contributed by atoms with E-state index in [1.807, 2.05) is 0 Å². The maximum absolute atomic E-state index is 10.7. The minimum absolute atomic E-state index is 0.202. The van der Waals surface area contributed by atoms with Gasteiger partial charge in [0.2, 0.25) is 0 Å². The van der Waals surface area contributed by atoms with Crippen molar-refractivity contribution >= 4 is 17.9 Å². The molecule has 0 fully saturated rings. The van der Waals surface area contributed by atoms with E-state index in [2.05, 4.69) is 5.16 Å². The fraction of sp³-hybridized carbons (Fsp3) is 0. The summed E-state index contributed by atoms with van der Waals surface area (Å²) in [5.41, 5.74) is -0.795. The predicted octanol–water partition coefficient (Wildman–Crippen LogP) is 1.21. The normalized spacial score (nSPS) is 10.4. The van der Waals surface area contributed by atoms with Gasteiger partial charge < -0.3 is 15.5 Å². The SMILES string of the molecule is O=C(O)c1cc(/C=N/[O-])ccc1[N+](=O)[O-]. The van der Waals surface area contributed by atoms with Gasteiger partial charge in [0.15, 0.2) is 0 Å². The number of benzene rings is 1. The summed E-state index contributed by atoms with van der Waals surface area (Å²) in [6.07, 6.45) is 0.871. The fourth-order valence-corrected chi connectivity index (χ4v) is 1.03. The molecule has 0 aliphatic carbocycles. The molecular formula is C8H5N2O5-. The zero-order valence-corrected chi connectivity index (χ0v) is 7.28. The van der Waals surface area contributed by atoms with Crippen LogP contribution in [0.3, 0.4) is 0 Å². The third kappa shape index (κ3) is 2.27. The highest BCUT2D eigenvalue weighted by Crippen LogP contribution is 2.19. The average Bonchev–Trinajstić information content (AvgIpc) is 2.17. The molecule has 1 N–H and O–H groups in total. The van der Waals surface area contributed by atoms with Gasteiger partial charge in [-0.05, 0) is 17.7 Å². The molecule has 0 saturated carbocycles. The Morgan fingerprint density at radius 2 is 2.20 bits per heavy atom. The highest BCUT2D eigenvalue weighted by molar-refractivity contribution is 5.95. The lowest BCUT2D eigenvalue weighted by Gasteiger charge is -1.99. The molecule has 0 unspecified atom stereocenters. The lowest BCUT2D eigenvalue weighted by atomic mass is 10.1. The molecule has 1 rings (SSSR count). The zero-order valence-electron chi connectivity index (χ0n) is 7.28. The van der Waals surface area contributed by atoms with Crippen LogP contribution >= 0.6 is 0 Å². The van der Waals surface area contributed by atoms with Gasteiger partial charge in [-0.2, -0.15) is 0 Å². The molecule has 0 spiro atoms. The molecule has 7 heteroatoms. The average molecular weight is 209 g/mol. The van der Waals surface area contributed by atoms with Gasteiger partial charge in [0.25, 0.3) is 5.69 Å². The minimum Gasteiger partial charge on any atom is -0.792 e. The Kier molecular flexibility index (Phi) is 2.97. The van der Waals surface area contributed by atoms with E-state index in [4.69, 9.17) is 5.11 Å². The molecule has 0 amide bonds. The number of nitro benzene ring substituents is 1. The number of nitrogens with zero attached hydrogens (tertiary/aromatic N) is 2. The molecule has 0 saturated heterocycles. The topological polar surface area (TPSA) is 116 Å². The van der Waals surface area contributed by atoms with E-state index in [0.717, 1.165) is 18.3 Å². The standard InChI is InChI=1S/C8H6N2O5/c11-8(12)6-3-5(4-9-13)1-2-7(6)10(14)15/h1-4,13H,(H,11,12)/p-1/b9-4+. The van der Waals surface area contributed by atoms with E-state index >= 15 is 0 Å². The Hall–Kier alpha value is -2.44. The van der Waals surface area contributed by atoms with E-state index in [9.17, 15) is 20.1 Å². The van der Waals surface area contributed by atoms with Gasteiger partial charge in [-0.3, -0.25) is 10.1 Å². The van der Waals surface area contributed by atoms with Crippen LogP contribution in [0.25, 0.3) is 0 Å².